The lowest BCUT2D eigenvalue weighted by Gasteiger charge is -2.23. The number of hydrogen-bond acceptors (Lipinski definition) is 1. The molecule has 1 rings (SSSR count). The van der Waals surface area contributed by atoms with Crippen LogP contribution in [0.1, 0.15) is 5.56 Å². The van der Waals surface area contributed by atoms with Crippen LogP contribution in [0.5, 0.6) is 0 Å². The molecule has 0 aliphatic rings. The fourth-order valence-electron chi connectivity index (χ4n) is 1.39. The first-order valence-electron chi connectivity index (χ1n) is 4.46. The van der Waals surface area contributed by atoms with Crippen LogP contribution in [-0.4, -0.2) is 19.8 Å². The molecule has 0 radical (unpaired) electrons. The molecule has 0 amide bonds. The third kappa shape index (κ3) is 3.27. The van der Waals surface area contributed by atoms with Gasteiger partial charge in [0.2, 0.25) is 0 Å². The molecule has 1 nitrogen and oxygen atoms in total. The molecule has 0 saturated heterocycles. The summed E-state index contributed by atoms with van der Waals surface area (Å²) < 4.78 is 49.7. The summed E-state index contributed by atoms with van der Waals surface area (Å²) in [6.07, 6.45) is -4.33. The Morgan fingerprint density at radius 2 is 1.94 bits per heavy atom. The Bertz CT molecular complexity index is 364. The van der Waals surface area contributed by atoms with Crippen molar-refractivity contribution in [3.8, 4) is 0 Å². The van der Waals surface area contributed by atoms with Crippen molar-refractivity contribution < 1.29 is 17.6 Å². The molecule has 0 bridgehead atoms. The van der Waals surface area contributed by atoms with Crippen molar-refractivity contribution in [2.45, 2.75) is 12.1 Å². The molecular formula is C10H10ClF4N. The van der Waals surface area contributed by atoms with Crippen molar-refractivity contribution in [2.24, 2.45) is 0 Å². The molecule has 90 valence electrons. The van der Waals surface area contributed by atoms with Gasteiger partial charge in [-0.15, -0.1) is 11.6 Å². The highest BCUT2D eigenvalue weighted by atomic mass is 35.5. The maximum absolute atomic E-state index is 13.3. The predicted molar refractivity (Wildman–Crippen MR) is 55.3 cm³/mol. The molecule has 0 spiro atoms. The van der Waals surface area contributed by atoms with Crippen molar-refractivity contribution in [1.82, 2.24) is 0 Å². The van der Waals surface area contributed by atoms with E-state index in [1.807, 2.05) is 0 Å². The summed E-state index contributed by atoms with van der Waals surface area (Å²) in [5.41, 5.74) is 0.239. The second-order valence-corrected chi connectivity index (χ2v) is 3.61. The quantitative estimate of drug-likeness (QED) is 0.590. The van der Waals surface area contributed by atoms with Crippen molar-refractivity contribution >= 4 is 17.3 Å². The van der Waals surface area contributed by atoms with Gasteiger partial charge in [0.25, 0.3) is 0 Å². The van der Waals surface area contributed by atoms with Crippen molar-refractivity contribution in [3.63, 3.8) is 0 Å². The van der Waals surface area contributed by atoms with Gasteiger partial charge in [-0.05, 0) is 12.1 Å². The first-order valence-corrected chi connectivity index (χ1v) is 5.00. The van der Waals surface area contributed by atoms with Crippen LogP contribution < -0.4 is 4.90 Å². The Morgan fingerprint density at radius 1 is 1.31 bits per heavy atom. The molecule has 1 aromatic carbocycles. The van der Waals surface area contributed by atoms with E-state index in [0.717, 1.165) is 4.90 Å². The molecule has 0 aromatic heterocycles. The van der Waals surface area contributed by atoms with Gasteiger partial charge >= 0.3 is 6.18 Å². The lowest BCUT2D eigenvalue weighted by molar-refractivity contribution is -0.119. The molecule has 0 fully saturated rings. The third-order valence-electron chi connectivity index (χ3n) is 2.06. The van der Waals surface area contributed by atoms with Crippen LogP contribution in [0, 0.1) is 5.82 Å². The van der Waals surface area contributed by atoms with Gasteiger partial charge in [-0.25, -0.2) is 4.39 Å². The first-order chi connectivity index (χ1) is 7.35. The number of nitrogens with zero attached hydrogens (tertiary/aromatic N) is 1. The summed E-state index contributed by atoms with van der Waals surface area (Å²) in [6, 6.07) is 3.93. The number of rotatable bonds is 3. The van der Waals surface area contributed by atoms with Gasteiger partial charge in [0.1, 0.15) is 12.4 Å². The molecule has 1 aromatic rings. The Hall–Kier alpha value is -0.970. The van der Waals surface area contributed by atoms with Crippen LogP contribution in [0.3, 0.4) is 0 Å². The molecule has 0 saturated carbocycles. The molecule has 0 atom stereocenters. The van der Waals surface area contributed by atoms with Gasteiger partial charge in [-0.1, -0.05) is 6.07 Å². The number of anilines is 1. The number of alkyl halides is 4. The van der Waals surface area contributed by atoms with E-state index in [-0.39, 0.29) is 17.1 Å². The minimum absolute atomic E-state index is 0.0796. The largest absolute Gasteiger partial charge is 0.405 e. The molecule has 0 unspecified atom stereocenters. The monoisotopic (exact) mass is 255 g/mol. The van der Waals surface area contributed by atoms with Crippen molar-refractivity contribution in [1.29, 1.82) is 0 Å². The van der Waals surface area contributed by atoms with E-state index in [2.05, 4.69) is 0 Å². The van der Waals surface area contributed by atoms with Crippen LogP contribution in [0.15, 0.2) is 18.2 Å². The first kappa shape index (κ1) is 13.1. The molecule has 16 heavy (non-hydrogen) atoms. The molecule has 0 aliphatic carbocycles. The highest BCUT2D eigenvalue weighted by molar-refractivity contribution is 6.17. The third-order valence-corrected chi connectivity index (χ3v) is 2.32. The van der Waals surface area contributed by atoms with E-state index in [0.29, 0.717) is 0 Å². The molecule has 0 N–H and O–H groups in total. The average Bonchev–Trinajstić information content (AvgIpc) is 2.14. The Kier molecular flexibility index (Phi) is 4.02. The minimum Gasteiger partial charge on any atom is -0.365 e. The van der Waals surface area contributed by atoms with Gasteiger partial charge in [0, 0.05) is 18.3 Å². The van der Waals surface area contributed by atoms with E-state index in [1.165, 1.54) is 25.2 Å². The lowest BCUT2D eigenvalue weighted by Crippen LogP contribution is -2.31. The summed E-state index contributed by atoms with van der Waals surface area (Å²) >= 11 is 5.50. The zero-order valence-corrected chi connectivity index (χ0v) is 9.24. The second kappa shape index (κ2) is 4.91. The van der Waals surface area contributed by atoms with Crippen LogP contribution in [0.4, 0.5) is 23.2 Å². The van der Waals surface area contributed by atoms with Gasteiger partial charge < -0.3 is 4.90 Å². The summed E-state index contributed by atoms with van der Waals surface area (Å²) in [7, 11) is 1.25. The fraction of sp³-hybridized carbons (Fsp3) is 0.400. The zero-order valence-electron chi connectivity index (χ0n) is 8.48. The molecular weight excluding hydrogens is 246 g/mol. The van der Waals surface area contributed by atoms with Gasteiger partial charge in [-0.2, -0.15) is 13.2 Å². The maximum Gasteiger partial charge on any atom is 0.405 e. The number of halogens is 5. The van der Waals surface area contributed by atoms with E-state index < -0.39 is 18.5 Å². The summed E-state index contributed by atoms with van der Waals surface area (Å²) in [6.45, 7) is -1.14. The van der Waals surface area contributed by atoms with Crippen LogP contribution in [-0.2, 0) is 5.88 Å². The predicted octanol–water partition coefficient (Wildman–Crippen LogP) is 3.56. The number of benzene rings is 1. The maximum atomic E-state index is 13.3. The van der Waals surface area contributed by atoms with E-state index in [9.17, 15) is 17.6 Å². The van der Waals surface area contributed by atoms with E-state index in [4.69, 9.17) is 11.6 Å². The summed E-state index contributed by atoms with van der Waals surface area (Å²) in [4.78, 5) is 0.931. The highest BCUT2D eigenvalue weighted by Gasteiger charge is 2.30. The topological polar surface area (TPSA) is 3.24 Å². The molecule has 6 heteroatoms. The summed E-state index contributed by atoms with van der Waals surface area (Å²) in [5.74, 6) is -0.758. The second-order valence-electron chi connectivity index (χ2n) is 3.34. The summed E-state index contributed by atoms with van der Waals surface area (Å²) in [5, 5.41) is 0. The highest BCUT2D eigenvalue weighted by Crippen LogP contribution is 2.26. The molecule has 0 aliphatic heterocycles. The van der Waals surface area contributed by atoms with Crippen LogP contribution >= 0.6 is 11.6 Å². The van der Waals surface area contributed by atoms with Crippen LogP contribution in [0.2, 0.25) is 0 Å². The average molecular weight is 256 g/mol. The zero-order chi connectivity index (χ0) is 12.3. The van der Waals surface area contributed by atoms with Gasteiger partial charge in [-0.3, -0.25) is 0 Å². The smallest absolute Gasteiger partial charge is 0.365 e. The normalized spacial score (nSPS) is 11.6. The van der Waals surface area contributed by atoms with Gasteiger partial charge in [0.15, 0.2) is 0 Å². The Labute approximate surface area is 95.6 Å². The van der Waals surface area contributed by atoms with Crippen molar-refractivity contribution in [3.05, 3.63) is 29.6 Å². The van der Waals surface area contributed by atoms with E-state index in [1.54, 1.807) is 0 Å². The fourth-order valence-corrected chi connectivity index (χ4v) is 1.66. The SMILES string of the molecule is CN(CC(F)(F)F)c1cccc(F)c1CCl. The Balaban J connectivity index is 2.99. The number of hydrogen-bond donors (Lipinski definition) is 0. The molecule has 0 heterocycles. The minimum atomic E-state index is -4.33. The standard InChI is InChI=1S/C10H10ClF4N/c1-16(6-10(13,14)15)9-4-2-3-8(12)7(9)5-11/h2-4H,5-6H2,1H3. The van der Waals surface area contributed by atoms with Crippen molar-refractivity contribution in [2.75, 3.05) is 18.5 Å². The Morgan fingerprint density at radius 3 is 2.44 bits per heavy atom. The van der Waals surface area contributed by atoms with Crippen LogP contribution in [0.25, 0.3) is 0 Å². The van der Waals surface area contributed by atoms with E-state index >= 15 is 0 Å². The lowest BCUT2D eigenvalue weighted by atomic mass is 10.1. The van der Waals surface area contributed by atoms with Gasteiger partial charge in [0.05, 0.1) is 5.88 Å².